The van der Waals surface area contributed by atoms with E-state index in [1.807, 2.05) is 0 Å². The Labute approximate surface area is 123 Å². The van der Waals surface area contributed by atoms with Crippen LogP contribution >= 0.6 is 0 Å². The first-order chi connectivity index (χ1) is 9.88. The third-order valence-electron chi connectivity index (χ3n) is 3.95. The molecule has 0 bridgehead atoms. The quantitative estimate of drug-likeness (QED) is 0.632. The second-order valence-corrected chi connectivity index (χ2v) is 5.77. The molecular weight excluding hydrogens is 275 g/mol. The number of aryl methyl sites for hydroxylation is 1. The number of ether oxygens (including phenoxy) is 1. The van der Waals surface area contributed by atoms with Crippen molar-refractivity contribution in [1.29, 1.82) is 0 Å². The van der Waals surface area contributed by atoms with Crippen molar-refractivity contribution in [2.75, 3.05) is 13.1 Å². The van der Waals surface area contributed by atoms with Crippen LogP contribution in [0.1, 0.15) is 32.3 Å². The Bertz CT molecular complexity index is 526. The van der Waals surface area contributed by atoms with Crippen LogP contribution < -0.4 is 4.74 Å². The third-order valence-corrected chi connectivity index (χ3v) is 3.95. The molecule has 6 heteroatoms. The van der Waals surface area contributed by atoms with E-state index in [0.717, 1.165) is 32.0 Å². The molecule has 0 N–H and O–H groups in total. The number of rotatable bonds is 4. The zero-order valence-corrected chi connectivity index (χ0v) is 12.6. The van der Waals surface area contributed by atoms with Gasteiger partial charge in [-0.3, -0.25) is 10.1 Å². The number of nitro benzene ring substituents is 1. The van der Waals surface area contributed by atoms with Crippen LogP contribution in [0.2, 0.25) is 0 Å². The molecule has 1 aliphatic heterocycles. The lowest BCUT2D eigenvalue weighted by molar-refractivity contribution is -0.385. The Kier molecular flexibility index (Phi) is 4.77. The standard InChI is InChI=1S/C15H21FN2O3/c1-10(2)17-6-4-12(5-7-17)21-15-8-11(3)14(18(19)20)9-13(15)16/h8-10,12H,4-7H2,1-3H3. The molecule has 1 aliphatic rings. The van der Waals surface area contributed by atoms with Crippen LogP contribution in [0.5, 0.6) is 5.75 Å². The molecule has 0 saturated carbocycles. The zero-order chi connectivity index (χ0) is 15.6. The summed E-state index contributed by atoms with van der Waals surface area (Å²) < 4.78 is 19.6. The fourth-order valence-corrected chi connectivity index (χ4v) is 2.62. The summed E-state index contributed by atoms with van der Waals surface area (Å²) in [4.78, 5) is 12.5. The Morgan fingerprint density at radius 3 is 2.52 bits per heavy atom. The van der Waals surface area contributed by atoms with Crippen LogP contribution in [0.15, 0.2) is 12.1 Å². The van der Waals surface area contributed by atoms with Crippen LogP contribution in [-0.4, -0.2) is 35.1 Å². The van der Waals surface area contributed by atoms with E-state index < -0.39 is 10.7 Å². The summed E-state index contributed by atoms with van der Waals surface area (Å²) in [6.45, 7) is 7.75. The fourth-order valence-electron chi connectivity index (χ4n) is 2.62. The second kappa shape index (κ2) is 6.39. The van der Waals surface area contributed by atoms with Gasteiger partial charge in [-0.25, -0.2) is 4.39 Å². The SMILES string of the molecule is Cc1cc(OC2CCN(C(C)C)CC2)c(F)cc1[N+](=O)[O-]. The van der Waals surface area contributed by atoms with Gasteiger partial charge in [0, 0.05) is 24.7 Å². The first kappa shape index (κ1) is 15.7. The predicted octanol–water partition coefficient (Wildman–Crippen LogP) is 3.29. The Morgan fingerprint density at radius 1 is 1.38 bits per heavy atom. The summed E-state index contributed by atoms with van der Waals surface area (Å²) >= 11 is 0. The van der Waals surface area contributed by atoms with Crippen LogP contribution in [0, 0.1) is 22.9 Å². The summed E-state index contributed by atoms with van der Waals surface area (Å²) in [5.74, 6) is -0.556. The van der Waals surface area contributed by atoms with Gasteiger partial charge in [0.2, 0.25) is 0 Å². The lowest BCUT2D eigenvalue weighted by atomic mass is 10.1. The fraction of sp³-hybridized carbons (Fsp3) is 0.600. The van der Waals surface area contributed by atoms with E-state index in [9.17, 15) is 14.5 Å². The van der Waals surface area contributed by atoms with Gasteiger partial charge < -0.3 is 9.64 Å². The van der Waals surface area contributed by atoms with Crippen molar-refractivity contribution < 1.29 is 14.1 Å². The average Bonchev–Trinajstić information content (AvgIpc) is 2.42. The molecule has 0 amide bonds. The number of likely N-dealkylation sites (tertiary alicyclic amines) is 1. The summed E-state index contributed by atoms with van der Waals surface area (Å²) in [5, 5.41) is 10.8. The van der Waals surface area contributed by atoms with E-state index in [4.69, 9.17) is 4.74 Å². The molecule has 21 heavy (non-hydrogen) atoms. The summed E-state index contributed by atoms with van der Waals surface area (Å²) in [6, 6.07) is 2.86. The topological polar surface area (TPSA) is 55.6 Å². The van der Waals surface area contributed by atoms with Crippen molar-refractivity contribution in [2.24, 2.45) is 0 Å². The number of hydrogen-bond acceptors (Lipinski definition) is 4. The van der Waals surface area contributed by atoms with E-state index in [1.165, 1.54) is 6.07 Å². The number of piperidine rings is 1. The van der Waals surface area contributed by atoms with E-state index in [0.29, 0.717) is 11.6 Å². The van der Waals surface area contributed by atoms with E-state index in [2.05, 4.69) is 18.7 Å². The van der Waals surface area contributed by atoms with Crippen molar-refractivity contribution in [2.45, 2.75) is 45.8 Å². The molecular formula is C15H21FN2O3. The van der Waals surface area contributed by atoms with Crippen LogP contribution in [0.25, 0.3) is 0 Å². The van der Waals surface area contributed by atoms with Gasteiger partial charge in [0.25, 0.3) is 5.69 Å². The van der Waals surface area contributed by atoms with Crippen LogP contribution in [0.3, 0.4) is 0 Å². The largest absolute Gasteiger partial charge is 0.487 e. The molecule has 0 aromatic heterocycles. The highest BCUT2D eigenvalue weighted by Crippen LogP contribution is 2.29. The molecule has 0 radical (unpaired) electrons. The highest BCUT2D eigenvalue weighted by molar-refractivity contribution is 5.45. The maximum absolute atomic E-state index is 13.9. The van der Waals surface area contributed by atoms with Gasteiger partial charge in [-0.2, -0.15) is 0 Å². The average molecular weight is 296 g/mol. The molecule has 0 unspecified atom stereocenters. The van der Waals surface area contributed by atoms with E-state index >= 15 is 0 Å². The Hall–Kier alpha value is -1.69. The highest BCUT2D eigenvalue weighted by Gasteiger charge is 2.24. The van der Waals surface area contributed by atoms with Gasteiger partial charge in [0.1, 0.15) is 6.10 Å². The molecule has 2 rings (SSSR count). The lowest BCUT2D eigenvalue weighted by Crippen LogP contribution is -2.41. The number of nitro groups is 1. The monoisotopic (exact) mass is 296 g/mol. The molecule has 1 aromatic rings. The van der Waals surface area contributed by atoms with Crippen LogP contribution in [0.4, 0.5) is 10.1 Å². The lowest BCUT2D eigenvalue weighted by Gasteiger charge is -2.34. The van der Waals surface area contributed by atoms with Crippen molar-refractivity contribution in [3.8, 4) is 5.75 Å². The number of hydrogen-bond donors (Lipinski definition) is 0. The van der Waals surface area contributed by atoms with Crippen LogP contribution in [-0.2, 0) is 0 Å². The molecule has 1 saturated heterocycles. The summed E-state index contributed by atoms with van der Waals surface area (Å²) in [7, 11) is 0. The molecule has 0 atom stereocenters. The maximum Gasteiger partial charge on any atom is 0.275 e. The zero-order valence-electron chi connectivity index (χ0n) is 12.6. The van der Waals surface area contributed by atoms with Gasteiger partial charge in [-0.15, -0.1) is 0 Å². The molecule has 5 nitrogen and oxygen atoms in total. The highest BCUT2D eigenvalue weighted by atomic mass is 19.1. The maximum atomic E-state index is 13.9. The summed E-state index contributed by atoms with van der Waals surface area (Å²) in [6.07, 6.45) is 1.65. The Balaban J connectivity index is 2.04. The molecule has 0 aliphatic carbocycles. The van der Waals surface area contributed by atoms with E-state index in [-0.39, 0.29) is 17.5 Å². The minimum atomic E-state index is -0.668. The summed E-state index contributed by atoms with van der Waals surface area (Å²) in [5.41, 5.74) is 0.200. The van der Waals surface area contributed by atoms with Crippen molar-refractivity contribution >= 4 is 5.69 Å². The normalized spacial score (nSPS) is 17.2. The van der Waals surface area contributed by atoms with E-state index in [1.54, 1.807) is 6.92 Å². The number of halogens is 1. The first-order valence-corrected chi connectivity index (χ1v) is 7.23. The molecule has 116 valence electrons. The smallest absolute Gasteiger partial charge is 0.275 e. The number of benzene rings is 1. The molecule has 0 spiro atoms. The molecule has 1 aromatic carbocycles. The number of nitrogens with zero attached hydrogens (tertiary/aromatic N) is 2. The predicted molar refractivity (Wildman–Crippen MR) is 78.2 cm³/mol. The molecule has 1 heterocycles. The Morgan fingerprint density at radius 2 is 2.00 bits per heavy atom. The third kappa shape index (κ3) is 3.69. The van der Waals surface area contributed by atoms with Gasteiger partial charge in [-0.05, 0) is 39.7 Å². The van der Waals surface area contributed by atoms with Crippen molar-refractivity contribution in [3.63, 3.8) is 0 Å². The second-order valence-electron chi connectivity index (χ2n) is 5.77. The minimum absolute atomic E-state index is 0.0321. The van der Waals surface area contributed by atoms with Gasteiger partial charge in [-0.1, -0.05) is 0 Å². The van der Waals surface area contributed by atoms with Gasteiger partial charge in [0.15, 0.2) is 11.6 Å². The van der Waals surface area contributed by atoms with Gasteiger partial charge in [0.05, 0.1) is 11.0 Å². The minimum Gasteiger partial charge on any atom is -0.487 e. The first-order valence-electron chi connectivity index (χ1n) is 7.23. The van der Waals surface area contributed by atoms with Crippen molar-refractivity contribution in [3.05, 3.63) is 33.6 Å². The van der Waals surface area contributed by atoms with Crippen molar-refractivity contribution in [1.82, 2.24) is 4.90 Å². The molecule has 1 fully saturated rings. The van der Waals surface area contributed by atoms with Gasteiger partial charge >= 0.3 is 0 Å².